The third kappa shape index (κ3) is 2.66. The minimum atomic E-state index is -0.315. The molecule has 0 saturated carbocycles. The second-order valence-electron chi connectivity index (χ2n) is 4.38. The molecule has 3 aromatic rings. The van der Waals surface area contributed by atoms with Crippen LogP contribution >= 0.6 is 23.2 Å². The van der Waals surface area contributed by atoms with Gasteiger partial charge in [0.25, 0.3) is 5.91 Å². The number of rotatable bonds is 2. The van der Waals surface area contributed by atoms with Crippen molar-refractivity contribution in [2.75, 3.05) is 5.32 Å². The number of benzene rings is 2. The molecule has 0 aliphatic carbocycles. The maximum Gasteiger partial charge on any atom is 0.255 e. The molecule has 0 spiro atoms. The summed E-state index contributed by atoms with van der Waals surface area (Å²) in [5.74, 6) is -0.528. The van der Waals surface area contributed by atoms with Crippen molar-refractivity contribution in [2.45, 2.75) is 0 Å². The van der Waals surface area contributed by atoms with Crippen molar-refractivity contribution in [3.8, 4) is 5.75 Å². The van der Waals surface area contributed by atoms with E-state index in [1.165, 1.54) is 12.1 Å². The van der Waals surface area contributed by atoms with Crippen LogP contribution in [0.25, 0.3) is 11.0 Å². The zero-order valence-electron chi connectivity index (χ0n) is 10.5. The Balaban J connectivity index is 1.88. The highest BCUT2D eigenvalue weighted by Crippen LogP contribution is 2.34. The highest BCUT2D eigenvalue weighted by Gasteiger charge is 2.11. The number of hydrogen-bond donors (Lipinski definition) is 3. The molecule has 1 amide bonds. The van der Waals surface area contributed by atoms with Crippen molar-refractivity contribution in [2.24, 2.45) is 0 Å². The highest BCUT2D eigenvalue weighted by molar-refractivity contribution is 6.37. The summed E-state index contributed by atoms with van der Waals surface area (Å²) in [7, 11) is 0. The second-order valence-corrected chi connectivity index (χ2v) is 5.19. The number of hydrogen-bond acceptors (Lipinski definition) is 3. The van der Waals surface area contributed by atoms with Crippen LogP contribution in [-0.2, 0) is 0 Å². The van der Waals surface area contributed by atoms with Gasteiger partial charge in [-0.05, 0) is 30.3 Å². The van der Waals surface area contributed by atoms with E-state index in [4.69, 9.17) is 23.2 Å². The van der Waals surface area contributed by atoms with Crippen LogP contribution < -0.4 is 5.32 Å². The van der Waals surface area contributed by atoms with Gasteiger partial charge in [0.15, 0.2) is 5.75 Å². The van der Waals surface area contributed by atoms with Crippen LogP contribution in [0.4, 0.5) is 5.69 Å². The maximum absolute atomic E-state index is 12.2. The summed E-state index contributed by atoms with van der Waals surface area (Å²) in [6.07, 6.45) is 1.56. The number of halogens is 2. The van der Waals surface area contributed by atoms with Gasteiger partial charge in [-0.25, -0.2) is 4.98 Å². The molecule has 0 unspecified atom stereocenters. The number of nitrogens with zero attached hydrogens (tertiary/aromatic N) is 1. The van der Waals surface area contributed by atoms with Crippen molar-refractivity contribution in [1.29, 1.82) is 0 Å². The standard InChI is InChI=1S/C14H9Cl2N3O2/c15-9-4-8(5-10(16)13(9)20)19-14(21)7-1-2-11-12(3-7)18-6-17-11/h1-6,20H,(H,17,18)(H,19,21). The summed E-state index contributed by atoms with van der Waals surface area (Å²) >= 11 is 11.6. The summed E-state index contributed by atoms with van der Waals surface area (Å²) in [6, 6.07) is 7.96. The van der Waals surface area contributed by atoms with Crippen LogP contribution in [0.2, 0.25) is 10.0 Å². The Morgan fingerprint density at radius 1 is 1.19 bits per heavy atom. The largest absolute Gasteiger partial charge is 0.505 e. The first-order valence-electron chi connectivity index (χ1n) is 5.97. The Morgan fingerprint density at radius 2 is 1.90 bits per heavy atom. The molecule has 2 aromatic carbocycles. The molecule has 3 N–H and O–H groups in total. The number of carbonyl (C=O) groups excluding carboxylic acids is 1. The van der Waals surface area contributed by atoms with Gasteiger partial charge >= 0.3 is 0 Å². The predicted molar refractivity (Wildman–Crippen MR) is 82.2 cm³/mol. The van der Waals surface area contributed by atoms with Crippen molar-refractivity contribution >= 4 is 45.8 Å². The molecule has 21 heavy (non-hydrogen) atoms. The quantitative estimate of drug-likeness (QED) is 0.628. The fourth-order valence-electron chi connectivity index (χ4n) is 1.92. The number of imidazole rings is 1. The number of fused-ring (bicyclic) bond motifs is 1. The van der Waals surface area contributed by atoms with E-state index in [-0.39, 0.29) is 21.7 Å². The molecule has 0 saturated heterocycles. The number of anilines is 1. The van der Waals surface area contributed by atoms with E-state index < -0.39 is 0 Å². The summed E-state index contributed by atoms with van der Waals surface area (Å²) in [4.78, 5) is 19.2. The predicted octanol–water partition coefficient (Wildman–Crippen LogP) is 3.83. The molecule has 0 radical (unpaired) electrons. The average Bonchev–Trinajstić information content (AvgIpc) is 2.91. The number of aromatic amines is 1. The lowest BCUT2D eigenvalue weighted by Gasteiger charge is -2.08. The lowest BCUT2D eigenvalue weighted by atomic mass is 10.2. The van der Waals surface area contributed by atoms with Gasteiger partial charge in [0.1, 0.15) is 0 Å². The number of phenolic OH excluding ortho intramolecular Hbond substituents is 1. The lowest BCUT2D eigenvalue weighted by Crippen LogP contribution is -2.11. The fourth-order valence-corrected chi connectivity index (χ4v) is 2.40. The molecule has 0 aliphatic heterocycles. The SMILES string of the molecule is O=C(Nc1cc(Cl)c(O)c(Cl)c1)c1ccc2nc[nH]c2c1. The van der Waals surface area contributed by atoms with E-state index in [2.05, 4.69) is 15.3 Å². The molecule has 106 valence electrons. The normalized spacial score (nSPS) is 10.8. The summed E-state index contributed by atoms with van der Waals surface area (Å²) in [6.45, 7) is 0. The van der Waals surface area contributed by atoms with Gasteiger partial charge in [0, 0.05) is 11.3 Å². The van der Waals surface area contributed by atoms with Gasteiger partial charge in [-0.15, -0.1) is 0 Å². The molecule has 3 rings (SSSR count). The number of phenols is 1. The topological polar surface area (TPSA) is 78.0 Å². The zero-order valence-corrected chi connectivity index (χ0v) is 12.0. The summed E-state index contributed by atoms with van der Waals surface area (Å²) < 4.78 is 0. The Kier molecular flexibility index (Phi) is 3.45. The molecule has 0 aliphatic rings. The molecular weight excluding hydrogens is 313 g/mol. The number of amides is 1. The molecule has 0 bridgehead atoms. The van der Waals surface area contributed by atoms with Crippen molar-refractivity contribution < 1.29 is 9.90 Å². The Bertz CT molecular complexity index is 822. The first-order chi connectivity index (χ1) is 10.0. The van der Waals surface area contributed by atoms with Crippen molar-refractivity contribution in [3.63, 3.8) is 0 Å². The third-order valence-electron chi connectivity index (χ3n) is 2.96. The van der Waals surface area contributed by atoms with Crippen LogP contribution in [0.1, 0.15) is 10.4 Å². The molecule has 5 nitrogen and oxygen atoms in total. The van der Waals surface area contributed by atoms with Crippen LogP contribution in [0, 0.1) is 0 Å². The maximum atomic E-state index is 12.2. The molecule has 0 atom stereocenters. The minimum Gasteiger partial charge on any atom is -0.505 e. The van der Waals surface area contributed by atoms with E-state index in [9.17, 15) is 9.90 Å². The smallest absolute Gasteiger partial charge is 0.255 e. The van der Waals surface area contributed by atoms with E-state index in [1.54, 1.807) is 24.5 Å². The number of nitrogens with one attached hydrogen (secondary N) is 2. The number of aromatic hydroxyl groups is 1. The van der Waals surface area contributed by atoms with Crippen LogP contribution in [0.3, 0.4) is 0 Å². The highest BCUT2D eigenvalue weighted by atomic mass is 35.5. The zero-order chi connectivity index (χ0) is 15.0. The Morgan fingerprint density at radius 3 is 2.62 bits per heavy atom. The van der Waals surface area contributed by atoms with Gasteiger partial charge < -0.3 is 15.4 Å². The molecule has 1 aromatic heterocycles. The fraction of sp³-hybridized carbons (Fsp3) is 0. The monoisotopic (exact) mass is 321 g/mol. The van der Waals surface area contributed by atoms with E-state index in [0.29, 0.717) is 11.3 Å². The van der Waals surface area contributed by atoms with E-state index in [0.717, 1.165) is 11.0 Å². The molecule has 0 fully saturated rings. The first-order valence-corrected chi connectivity index (χ1v) is 6.72. The minimum absolute atomic E-state index is 0.0711. The Hall–Kier alpha value is -2.24. The number of aromatic nitrogens is 2. The van der Waals surface area contributed by atoms with Gasteiger partial charge in [-0.3, -0.25) is 4.79 Å². The van der Waals surface area contributed by atoms with Crippen molar-refractivity contribution in [1.82, 2.24) is 9.97 Å². The third-order valence-corrected chi connectivity index (χ3v) is 3.53. The van der Waals surface area contributed by atoms with Crippen molar-refractivity contribution in [3.05, 3.63) is 52.3 Å². The molecule has 1 heterocycles. The van der Waals surface area contributed by atoms with Gasteiger partial charge in [-0.2, -0.15) is 0 Å². The van der Waals surface area contributed by atoms with Crippen LogP contribution in [0.5, 0.6) is 5.75 Å². The van der Waals surface area contributed by atoms with Gasteiger partial charge in [-0.1, -0.05) is 23.2 Å². The van der Waals surface area contributed by atoms with E-state index >= 15 is 0 Å². The van der Waals surface area contributed by atoms with Gasteiger partial charge in [0.2, 0.25) is 0 Å². The summed E-state index contributed by atoms with van der Waals surface area (Å²) in [5, 5.41) is 12.3. The molecular formula is C14H9Cl2N3O2. The number of carbonyl (C=O) groups is 1. The second kappa shape index (κ2) is 5.27. The Labute approximate surface area is 129 Å². The average molecular weight is 322 g/mol. The van der Waals surface area contributed by atoms with Crippen LogP contribution in [0.15, 0.2) is 36.7 Å². The molecule has 7 heteroatoms. The lowest BCUT2D eigenvalue weighted by molar-refractivity contribution is 0.102. The van der Waals surface area contributed by atoms with E-state index in [1.807, 2.05) is 0 Å². The van der Waals surface area contributed by atoms with Crippen LogP contribution in [-0.4, -0.2) is 21.0 Å². The first kappa shape index (κ1) is 13.7. The van der Waals surface area contributed by atoms with Gasteiger partial charge in [0.05, 0.1) is 27.4 Å². The summed E-state index contributed by atoms with van der Waals surface area (Å²) in [5.41, 5.74) is 2.41. The number of H-pyrrole nitrogens is 1.